The molecule has 118 valence electrons. The van der Waals surface area contributed by atoms with Crippen LogP contribution in [0.3, 0.4) is 0 Å². The molecule has 0 fully saturated rings. The molecule has 0 atom stereocenters. The molecular weight excluding hydrogens is 318 g/mol. The van der Waals surface area contributed by atoms with E-state index in [0.717, 1.165) is 19.3 Å². The van der Waals surface area contributed by atoms with Crippen molar-refractivity contribution in [1.29, 1.82) is 0 Å². The predicted octanol–water partition coefficient (Wildman–Crippen LogP) is 2.00. The molecule has 0 unspecified atom stereocenters. The number of amides is 2. The molecule has 0 spiro atoms. The van der Waals surface area contributed by atoms with Gasteiger partial charge in [0.25, 0.3) is 0 Å². The van der Waals surface area contributed by atoms with Gasteiger partial charge < -0.3 is 15.7 Å². The van der Waals surface area contributed by atoms with Crippen molar-refractivity contribution in [3.8, 4) is 5.75 Å². The maximum Gasteiger partial charge on any atom is 0.319 e. The second-order valence-corrected chi connectivity index (χ2v) is 6.31. The summed E-state index contributed by atoms with van der Waals surface area (Å²) >= 11 is 5.69. The van der Waals surface area contributed by atoms with Gasteiger partial charge in [0.05, 0.1) is 10.7 Å². The van der Waals surface area contributed by atoms with Gasteiger partial charge in [0, 0.05) is 6.54 Å². The van der Waals surface area contributed by atoms with Crippen molar-refractivity contribution in [1.82, 2.24) is 5.32 Å². The lowest BCUT2D eigenvalue weighted by atomic mass is 10.2. The number of benzene rings is 1. The first kappa shape index (κ1) is 17.5. The first-order valence-corrected chi connectivity index (χ1v) is 8.29. The van der Waals surface area contributed by atoms with E-state index >= 15 is 0 Å². The second-order valence-electron chi connectivity index (χ2n) is 4.41. The predicted molar refractivity (Wildman–Crippen MR) is 81.0 cm³/mol. The minimum Gasteiger partial charge on any atom is -0.504 e. The van der Waals surface area contributed by atoms with Crippen molar-refractivity contribution in [2.75, 3.05) is 11.9 Å². The number of nitrogens with one attached hydrogen (secondary N) is 2. The van der Waals surface area contributed by atoms with Crippen LogP contribution in [-0.4, -0.2) is 26.1 Å². The Hall–Kier alpha value is -1.51. The van der Waals surface area contributed by atoms with Crippen LogP contribution in [0.2, 0.25) is 5.02 Å². The molecule has 1 aromatic carbocycles. The summed E-state index contributed by atoms with van der Waals surface area (Å²) in [6.07, 6.45) is 2.85. The number of anilines is 1. The summed E-state index contributed by atoms with van der Waals surface area (Å²) in [6.45, 7) is 2.52. The van der Waals surface area contributed by atoms with Crippen molar-refractivity contribution in [2.45, 2.75) is 31.1 Å². The van der Waals surface area contributed by atoms with Crippen LogP contribution in [0, 0.1) is 0 Å². The van der Waals surface area contributed by atoms with Crippen LogP contribution >= 0.6 is 11.6 Å². The van der Waals surface area contributed by atoms with Gasteiger partial charge in [0.2, 0.25) is 10.0 Å². The molecule has 5 N–H and O–H groups in total. The van der Waals surface area contributed by atoms with Crippen LogP contribution in [0.5, 0.6) is 5.75 Å². The highest BCUT2D eigenvalue weighted by Crippen LogP contribution is 2.35. The van der Waals surface area contributed by atoms with E-state index in [1.165, 1.54) is 12.1 Å². The quantitative estimate of drug-likeness (QED) is 0.469. The number of nitrogens with two attached hydrogens (primary N) is 1. The zero-order valence-electron chi connectivity index (χ0n) is 11.5. The third kappa shape index (κ3) is 5.07. The summed E-state index contributed by atoms with van der Waals surface area (Å²) in [4.78, 5) is 11.0. The van der Waals surface area contributed by atoms with Gasteiger partial charge in [-0.25, -0.2) is 18.4 Å². The fraction of sp³-hybridized carbons (Fsp3) is 0.417. The minimum absolute atomic E-state index is 0.0867. The van der Waals surface area contributed by atoms with Crippen LogP contribution < -0.4 is 15.8 Å². The zero-order chi connectivity index (χ0) is 16.0. The van der Waals surface area contributed by atoms with Gasteiger partial charge in [-0.3, -0.25) is 0 Å². The number of hydrogen-bond acceptors (Lipinski definition) is 4. The third-order valence-electron chi connectivity index (χ3n) is 2.68. The highest BCUT2D eigenvalue weighted by Gasteiger charge is 2.21. The molecular formula is C12H18ClN3O4S. The average molecular weight is 336 g/mol. The summed E-state index contributed by atoms with van der Waals surface area (Å²) in [6, 6.07) is 1.97. The van der Waals surface area contributed by atoms with E-state index < -0.39 is 26.7 Å². The van der Waals surface area contributed by atoms with Gasteiger partial charge in [-0.15, -0.1) is 0 Å². The minimum atomic E-state index is -4.20. The smallest absolute Gasteiger partial charge is 0.319 e. The monoisotopic (exact) mass is 335 g/mol. The SMILES string of the molecule is CCCCCNC(=O)Nc1ccc(Cl)c(S(N)(=O)=O)c1O. The molecule has 0 aliphatic carbocycles. The standard InChI is InChI=1S/C12H18ClN3O4S/c1-2-3-4-7-15-12(18)16-9-6-5-8(13)11(10(9)17)21(14,19)20/h5-6,17H,2-4,7H2,1H3,(H2,14,19,20)(H2,15,16,18). The molecule has 1 aromatic rings. The molecule has 0 heterocycles. The molecule has 1 rings (SSSR count). The number of aromatic hydroxyl groups is 1. The lowest BCUT2D eigenvalue weighted by Crippen LogP contribution is -2.29. The van der Waals surface area contributed by atoms with E-state index in [0.29, 0.717) is 6.54 Å². The molecule has 0 saturated carbocycles. The fourth-order valence-electron chi connectivity index (χ4n) is 1.66. The lowest BCUT2D eigenvalue weighted by molar-refractivity contribution is 0.251. The van der Waals surface area contributed by atoms with Gasteiger partial charge in [0.1, 0.15) is 4.90 Å². The number of halogens is 1. The van der Waals surface area contributed by atoms with Gasteiger partial charge in [-0.2, -0.15) is 0 Å². The molecule has 0 bridgehead atoms. The van der Waals surface area contributed by atoms with E-state index in [-0.39, 0.29) is 10.7 Å². The average Bonchev–Trinajstić information content (AvgIpc) is 2.37. The van der Waals surface area contributed by atoms with Crippen LogP contribution in [0.1, 0.15) is 26.2 Å². The Morgan fingerprint density at radius 2 is 2.05 bits per heavy atom. The topological polar surface area (TPSA) is 122 Å². The Morgan fingerprint density at radius 3 is 2.62 bits per heavy atom. The molecule has 9 heteroatoms. The van der Waals surface area contributed by atoms with E-state index in [4.69, 9.17) is 16.7 Å². The molecule has 0 aliphatic heterocycles. The summed E-state index contributed by atoms with van der Waals surface area (Å²) in [5.41, 5.74) is -0.0867. The van der Waals surface area contributed by atoms with Crippen LogP contribution in [-0.2, 0) is 10.0 Å². The van der Waals surface area contributed by atoms with E-state index in [9.17, 15) is 18.3 Å². The van der Waals surface area contributed by atoms with E-state index in [1.54, 1.807) is 0 Å². The van der Waals surface area contributed by atoms with E-state index in [2.05, 4.69) is 10.6 Å². The Labute approximate surface area is 128 Å². The van der Waals surface area contributed by atoms with Gasteiger partial charge in [-0.1, -0.05) is 31.4 Å². The Balaban J connectivity index is 2.84. The number of sulfonamides is 1. The summed E-state index contributed by atoms with van der Waals surface area (Å²) in [5.74, 6) is -0.686. The normalized spacial score (nSPS) is 11.2. The van der Waals surface area contributed by atoms with Crippen molar-refractivity contribution in [3.63, 3.8) is 0 Å². The number of primary sulfonamides is 1. The van der Waals surface area contributed by atoms with Crippen LogP contribution in [0.4, 0.5) is 10.5 Å². The number of rotatable bonds is 6. The Bertz CT molecular complexity index is 619. The molecule has 0 radical (unpaired) electrons. The van der Waals surface area contributed by atoms with Crippen molar-refractivity contribution < 1.29 is 18.3 Å². The highest BCUT2D eigenvalue weighted by atomic mass is 35.5. The molecule has 7 nitrogen and oxygen atoms in total. The number of carbonyl (C=O) groups is 1. The van der Waals surface area contributed by atoms with Crippen LogP contribution in [0.25, 0.3) is 0 Å². The lowest BCUT2D eigenvalue weighted by Gasteiger charge is -2.12. The maximum absolute atomic E-state index is 11.6. The van der Waals surface area contributed by atoms with E-state index in [1.807, 2.05) is 6.92 Å². The Morgan fingerprint density at radius 1 is 1.38 bits per heavy atom. The number of urea groups is 1. The van der Waals surface area contributed by atoms with Gasteiger partial charge in [0.15, 0.2) is 5.75 Å². The summed E-state index contributed by atoms with van der Waals surface area (Å²) < 4.78 is 22.7. The van der Waals surface area contributed by atoms with Crippen molar-refractivity contribution >= 4 is 33.3 Å². The number of phenolic OH excluding ortho intramolecular Hbond substituents is 1. The number of phenols is 1. The van der Waals surface area contributed by atoms with Gasteiger partial charge >= 0.3 is 6.03 Å². The number of hydrogen-bond donors (Lipinski definition) is 4. The summed E-state index contributed by atoms with van der Waals surface area (Å²) in [7, 11) is -4.20. The second kappa shape index (κ2) is 7.48. The number of carbonyl (C=O) groups excluding carboxylic acids is 1. The first-order chi connectivity index (χ1) is 9.77. The summed E-state index contributed by atoms with van der Waals surface area (Å²) in [5, 5.41) is 19.6. The molecule has 2 amide bonds. The fourth-order valence-corrected chi connectivity index (χ4v) is 2.86. The third-order valence-corrected chi connectivity index (χ3v) is 4.09. The zero-order valence-corrected chi connectivity index (χ0v) is 13.1. The largest absolute Gasteiger partial charge is 0.504 e. The molecule has 0 aromatic heterocycles. The Kier molecular flexibility index (Phi) is 6.25. The van der Waals surface area contributed by atoms with Crippen molar-refractivity contribution in [2.24, 2.45) is 5.14 Å². The highest BCUT2D eigenvalue weighted by molar-refractivity contribution is 7.89. The van der Waals surface area contributed by atoms with Gasteiger partial charge in [-0.05, 0) is 18.6 Å². The maximum atomic E-state index is 11.6. The molecule has 0 aliphatic rings. The number of unbranched alkanes of at least 4 members (excludes halogenated alkanes) is 2. The first-order valence-electron chi connectivity index (χ1n) is 6.36. The van der Waals surface area contributed by atoms with Crippen LogP contribution in [0.15, 0.2) is 17.0 Å². The van der Waals surface area contributed by atoms with Crippen molar-refractivity contribution in [3.05, 3.63) is 17.2 Å². The molecule has 21 heavy (non-hydrogen) atoms. The molecule has 0 saturated heterocycles.